The van der Waals surface area contributed by atoms with Gasteiger partial charge in [0.1, 0.15) is 4.90 Å². The predicted molar refractivity (Wildman–Crippen MR) is 82.5 cm³/mol. The number of alkyl halides is 2. The standard InChI is InChI=1S/C14H14F2N4O3S/c15-13(16)8-20-12-3-2-10(5-9(12)1-4-14(20)21)19-24(22,23)11-6-17-18-7-11/h2-3,5-7,13,19H,1,4,8H2,(H,17,18). The molecule has 1 aliphatic rings. The van der Waals surface area contributed by atoms with E-state index in [0.29, 0.717) is 23.4 Å². The van der Waals surface area contributed by atoms with Crippen LogP contribution in [0.3, 0.4) is 0 Å². The smallest absolute Gasteiger partial charge is 0.265 e. The fraction of sp³-hybridized carbons (Fsp3) is 0.286. The third kappa shape index (κ3) is 3.23. The van der Waals surface area contributed by atoms with Crippen molar-refractivity contribution < 1.29 is 22.0 Å². The summed E-state index contributed by atoms with van der Waals surface area (Å²) in [7, 11) is -3.78. The average Bonchev–Trinajstić information content (AvgIpc) is 3.05. The van der Waals surface area contributed by atoms with Crippen molar-refractivity contribution in [2.45, 2.75) is 24.2 Å². The van der Waals surface area contributed by atoms with Gasteiger partial charge >= 0.3 is 0 Å². The number of H-pyrrole nitrogens is 1. The second-order valence-corrected chi connectivity index (χ2v) is 6.96. The van der Waals surface area contributed by atoms with Crippen molar-refractivity contribution in [2.75, 3.05) is 16.2 Å². The van der Waals surface area contributed by atoms with Crippen LogP contribution in [0.25, 0.3) is 0 Å². The third-order valence-electron chi connectivity index (χ3n) is 3.64. The second-order valence-electron chi connectivity index (χ2n) is 5.28. The zero-order chi connectivity index (χ0) is 17.3. The first kappa shape index (κ1) is 16.4. The summed E-state index contributed by atoms with van der Waals surface area (Å²) in [5.74, 6) is -0.366. The molecule has 0 saturated carbocycles. The maximum Gasteiger partial charge on any atom is 0.265 e. The third-order valence-corrected chi connectivity index (χ3v) is 4.98. The number of amides is 1. The van der Waals surface area contributed by atoms with Crippen LogP contribution in [0.5, 0.6) is 0 Å². The Bertz CT molecular complexity index is 853. The van der Waals surface area contributed by atoms with E-state index in [4.69, 9.17) is 0 Å². The normalized spacial score (nSPS) is 14.8. The lowest BCUT2D eigenvalue weighted by molar-refractivity contribution is -0.119. The number of nitrogens with zero attached hydrogens (tertiary/aromatic N) is 2. The van der Waals surface area contributed by atoms with Crippen LogP contribution in [-0.4, -0.2) is 37.5 Å². The van der Waals surface area contributed by atoms with Crippen molar-refractivity contribution in [3.63, 3.8) is 0 Å². The van der Waals surface area contributed by atoms with Gasteiger partial charge in [0.2, 0.25) is 5.91 Å². The number of aryl methyl sites for hydroxylation is 1. The number of nitrogens with one attached hydrogen (secondary N) is 2. The van der Waals surface area contributed by atoms with E-state index >= 15 is 0 Å². The average molecular weight is 356 g/mol. The molecule has 1 amide bonds. The van der Waals surface area contributed by atoms with Gasteiger partial charge in [-0.2, -0.15) is 5.10 Å². The molecule has 1 aliphatic heterocycles. The summed E-state index contributed by atoms with van der Waals surface area (Å²) in [6.45, 7) is -0.675. The van der Waals surface area contributed by atoms with Crippen molar-refractivity contribution in [2.24, 2.45) is 0 Å². The van der Waals surface area contributed by atoms with Crippen LogP contribution in [0.2, 0.25) is 0 Å². The minimum Gasteiger partial charge on any atom is -0.306 e. The van der Waals surface area contributed by atoms with E-state index in [1.807, 2.05) is 0 Å². The van der Waals surface area contributed by atoms with Gasteiger partial charge in [-0.3, -0.25) is 14.6 Å². The number of aromatic nitrogens is 2. The summed E-state index contributed by atoms with van der Waals surface area (Å²) in [4.78, 5) is 12.9. The first-order valence-electron chi connectivity index (χ1n) is 7.10. The topological polar surface area (TPSA) is 95.2 Å². The number of hydrogen-bond donors (Lipinski definition) is 2. The number of aromatic amines is 1. The fourth-order valence-electron chi connectivity index (χ4n) is 2.56. The highest BCUT2D eigenvalue weighted by molar-refractivity contribution is 7.92. The zero-order valence-corrected chi connectivity index (χ0v) is 13.2. The number of carbonyl (C=O) groups excluding carboxylic acids is 1. The molecule has 0 spiro atoms. The molecule has 3 rings (SSSR count). The molecule has 2 N–H and O–H groups in total. The molecule has 1 aromatic carbocycles. The summed E-state index contributed by atoms with van der Waals surface area (Å²) in [6.07, 6.45) is 0.250. The SMILES string of the molecule is O=C1CCc2cc(NS(=O)(=O)c3cn[nH]c3)ccc2N1CC(F)F. The molecule has 2 heterocycles. The molecule has 10 heteroatoms. The summed E-state index contributed by atoms with van der Waals surface area (Å²) in [5, 5.41) is 6.00. The summed E-state index contributed by atoms with van der Waals surface area (Å²) >= 11 is 0. The summed E-state index contributed by atoms with van der Waals surface area (Å²) < 4.78 is 52.0. The van der Waals surface area contributed by atoms with Crippen LogP contribution in [0, 0.1) is 0 Å². The van der Waals surface area contributed by atoms with E-state index in [1.54, 1.807) is 6.07 Å². The number of sulfonamides is 1. The number of anilines is 2. The second kappa shape index (κ2) is 6.19. The van der Waals surface area contributed by atoms with E-state index in [-0.39, 0.29) is 17.2 Å². The molecule has 0 saturated heterocycles. The van der Waals surface area contributed by atoms with Gasteiger partial charge in [0.25, 0.3) is 16.4 Å². The van der Waals surface area contributed by atoms with Gasteiger partial charge in [0.15, 0.2) is 0 Å². The molecular formula is C14H14F2N4O3S. The number of benzene rings is 1. The molecule has 24 heavy (non-hydrogen) atoms. The van der Waals surface area contributed by atoms with Gasteiger partial charge in [-0.25, -0.2) is 17.2 Å². The Kier molecular flexibility index (Phi) is 4.22. The largest absolute Gasteiger partial charge is 0.306 e. The number of fused-ring (bicyclic) bond motifs is 1. The van der Waals surface area contributed by atoms with E-state index in [0.717, 1.165) is 4.90 Å². The van der Waals surface area contributed by atoms with Gasteiger partial charge in [-0.05, 0) is 30.2 Å². The number of carbonyl (C=O) groups is 1. The lowest BCUT2D eigenvalue weighted by Gasteiger charge is -2.29. The first-order valence-corrected chi connectivity index (χ1v) is 8.58. The van der Waals surface area contributed by atoms with Gasteiger partial charge in [0, 0.05) is 24.0 Å². The number of rotatable bonds is 5. The van der Waals surface area contributed by atoms with E-state index in [2.05, 4.69) is 14.9 Å². The van der Waals surface area contributed by atoms with Gasteiger partial charge < -0.3 is 4.90 Å². The van der Waals surface area contributed by atoms with E-state index < -0.39 is 23.0 Å². The van der Waals surface area contributed by atoms with Crippen LogP contribution in [0.4, 0.5) is 20.2 Å². The fourth-order valence-corrected chi connectivity index (χ4v) is 3.52. The minimum absolute atomic E-state index is 0.0188. The highest BCUT2D eigenvalue weighted by atomic mass is 32.2. The molecule has 0 unspecified atom stereocenters. The van der Waals surface area contributed by atoms with Crippen LogP contribution in [0.15, 0.2) is 35.5 Å². The predicted octanol–water partition coefficient (Wildman–Crippen LogP) is 1.75. The molecule has 0 fully saturated rings. The maximum atomic E-state index is 12.7. The monoisotopic (exact) mass is 356 g/mol. The lowest BCUT2D eigenvalue weighted by atomic mass is 10.0. The first-order chi connectivity index (χ1) is 11.4. The number of halogens is 2. The Balaban J connectivity index is 1.88. The molecular weight excluding hydrogens is 342 g/mol. The molecule has 2 aromatic rings. The Hall–Kier alpha value is -2.49. The number of hydrogen-bond acceptors (Lipinski definition) is 4. The van der Waals surface area contributed by atoms with Crippen LogP contribution >= 0.6 is 0 Å². The molecule has 128 valence electrons. The molecule has 7 nitrogen and oxygen atoms in total. The minimum atomic E-state index is -3.78. The quantitative estimate of drug-likeness (QED) is 0.853. The zero-order valence-electron chi connectivity index (χ0n) is 12.4. The van der Waals surface area contributed by atoms with Gasteiger partial charge in [-0.1, -0.05) is 0 Å². The summed E-state index contributed by atoms with van der Waals surface area (Å²) in [5.41, 5.74) is 1.32. The van der Waals surface area contributed by atoms with Gasteiger partial charge in [-0.15, -0.1) is 0 Å². The highest BCUT2D eigenvalue weighted by Crippen LogP contribution is 2.31. The van der Waals surface area contributed by atoms with Crippen LogP contribution in [-0.2, 0) is 21.2 Å². The molecule has 0 aliphatic carbocycles. The van der Waals surface area contributed by atoms with Crippen molar-refractivity contribution in [3.05, 3.63) is 36.2 Å². The Morgan fingerprint density at radius 1 is 1.33 bits per heavy atom. The lowest BCUT2D eigenvalue weighted by Crippen LogP contribution is -2.38. The molecule has 0 bridgehead atoms. The van der Waals surface area contributed by atoms with Crippen molar-refractivity contribution in [1.82, 2.24) is 10.2 Å². The van der Waals surface area contributed by atoms with Crippen molar-refractivity contribution in [1.29, 1.82) is 0 Å². The van der Waals surface area contributed by atoms with Gasteiger partial charge in [0.05, 0.1) is 12.7 Å². The Morgan fingerprint density at radius 2 is 2.12 bits per heavy atom. The van der Waals surface area contributed by atoms with Crippen LogP contribution in [0.1, 0.15) is 12.0 Å². The van der Waals surface area contributed by atoms with E-state index in [1.165, 1.54) is 24.5 Å². The van der Waals surface area contributed by atoms with Crippen molar-refractivity contribution in [3.8, 4) is 0 Å². The maximum absolute atomic E-state index is 12.7. The molecule has 0 radical (unpaired) electrons. The van der Waals surface area contributed by atoms with Crippen LogP contribution < -0.4 is 9.62 Å². The highest BCUT2D eigenvalue weighted by Gasteiger charge is 2.27. The Labute approximate surface area is 136 Å². The Morgan fingerprint density at radius 3 is 2.79 bits per heavy atom. The van der Waals surface area contributed by atoms with E-state index in [9.17, 15) is 22.0 Å². The summed E-state index contributed by atoms with van der Waals surface area (Å²) in [6, 6.07) is 4.47. The van der Waals surface area contributed by atoms with Crippen molar-refractivity contribution >= 4 is 27.3 Å². The molecule has 1 aromatic heterocycles. The molecule has 0 atom stereocenters.